The zero-order valence-electron chi connectivity index (χ0n) is 16.5. The highest BCUT2D eigenvalue weighted by Crippen LogP contribution is 2.20. The second kappa shape index (κ2) is 10.0. The molecule has 2 aromatic carbocycles. The Morgan fingerprint density at radius 2 is 1.68 bits per heavy atom. The van der Waals surface area contributed by atoms with Gasteiger partial charge in [-0.3, -0.25) is 10.1 Å². The van der Waals surface area contributed by atoms with Crippen molar-refractivity contribution in [2.24, 2.45) is 0 Å². The maximum Gasteiger partial charge on any atom is 0.412 e. The van der Waals surface area contributed by atoms with E-state index >= 15 is 0 Å². The van der Waals surface area contributed by atoms with Crippen molar-refractivity contribution in [2.45, 2.75) is 37.7 Å². The van der Waals surface area contributed by atoms with E-state index in [1.807, 2.05) is 57.2 Å². The van der Waals surface area contributed by atoms with E-state index in [4.69, 9.17) is 10.5 Å². The van der Waals surface area contributed by atoms with E-state index < -0.39 is 11.7 Å². The molecule has 0 saturated heterocycles. The van der Waals surface area contributed by atoms with Gasteiger partial charge in [-0.1, -0.05) is 12.1 Å². The van der Waals surface area contributed by atoms with Gasteiger partial charge in [0.25, 0.3) is 0 Å². The van der Waals surface area contributed by atoms with Crippen molar-refractivity contribution < 1.29 is 14.3 Å². The van der Waals surface area contributed by atoms with E-state index in [9.17, 15) is 9.59 Å². The van der Waals surface area contributed by atoms with Crippen LogP contribution in [0.15, 0.2) is 53.4 Å². The van der Waals surface area contributed by atoms with Crippen LogP contribution < -0.4 is 16.4 Å². The van der Waals surface area contributed by atoms with Gasteiger partial charge in [0, 0.05) is 22.8 Å². The fourth-order valence-corrected chi connectivity index (χ4v) is 3.01. The summed E-state index contributed by atoms with van der Waals surface area (Å²) < 4.78 is 5.21. The van der Waals surface area contributed by atoms with Gasteiger partial charge in [-0.05, 0) is 69.2 Å². The summed E-state index contributed by atoms with van der Waals surface area (Å²) in [7, 11) is 0. The average molecular weight is 402 g/mol. The molecule has 28 heavy (non-hydrogen) atoms. The topological polar surface area (TPSA) is 93.4 Å². The summed E-state index contributed by atoms with van der Waals surface area (Å²) in [6, 6.07) is 14.9. The van der Waals surface area contributed by atoms with Gasteiger partial charge in [0.1, 0.15) is 5.60 Å². The molecule has 0 spiro atoms. The zero-order chi connectivity index (χ0) is 20.6. The lowest BCUT2D eigenvalue weighted by atomic mass is 10.1. The first-order valence-electron chi connectivity index (χ1n) is 9.05. The summed E-state index contributed by atoms with van der Waals surface area (Å²) in [5.41, 5.74) is 7.63. The van der Waals surface area contributed by atoms with Crippen molar-refractivity contribution in [3.63, 3.8) is 0 Å². The Bertz CT molecular complexity index is 784. The normalized spacial score (nSPS) is 11.0. The molecule has 0 aliphatic carbocycles. The van der Waals surface area contributed by atoms with Crippen LogP contribution >= 0.6 is 11.8 Å². The number of anilines is 2. The molecule has 0 bridgehead atoms. The highest BCUT2D eigenvalue weighted by atomic mass is 32.2. The minimum absolute atomic E-state index is 0.0172. The van der Waals surface area contributed by atoms with E-state index in [2.05, 4.69) is 10.6 Å². The number of ether oxygens (including phenoxy) is 1. The van der Waals surface area contributed by atoms with Crippen LogP contribution in [0, 0.1) is 0 Å². The highest BCUT2D eigenvalue weighted by molar-refractivity contribution is 8.00. The number of hydrogen-bond acceptors (Lipinski definition) is 5. The Labute approximate surface area is 170 Å². The van der Waals surface area contributed by atoms with Gasteiger partial charge in [-0.2, -0.15) is 0 Å². The Balaban J connectivity index is 1.69. The molecule has 150 valence electrons. The number of rotatable bonds is 7. The molecule has 4 N–H and O–H groups in total. The molecular weight excluding hydrogens is 374 g/mol. The summed E-state index contributed by atoms with van der Waals surface area (Å²) in [6.45, 7) is 6.02. The summed E-state index contributed by atoms with van der Waals surface area (Å²) in [6.07, 6.45) is 0.273. The summed E-state index contributed by atoms with van der Waals surface area (Å²) in [5, 5.41) is 5.59. The number of carbonyl (C=O) groups excluding carboxylic acids is 2. The number of nitrogens with two attached hydrogens (primary N) is 1. The third-order valence-corrected chi connectivity index (χ3v) is 4.60. The van der Waals surface area contributed by atoms with E-state index in [-0.39, 0.29) is 5.91 Å². The molecule has 0 heterocycles. The number of nitrogens with one attached hydrogen (secondary N) is 2. The van der Waals surface area contributed by atoms with Gasteiger partial charge in [0.05, 0.1) is 5.75 Å². The van der Waals surface area contributed by atoms with E-state index in [0.29, 0.717) is 18.0 Å². The fourth-order valence-electron chi connectivity index (χ4n) is 2.29. The molecule has 0 atom stereocenters. The average Bonchev–Trinajstić information content (AvgIpc) is 2.61. The molecule has 6 nitrogen and oxygen atoms in total. The first kappa shape index (κ1) is 21.6. The van der Waals surface area contributed by atoms with Crippen molar-refractivity contribution in [1.29, 1.82) is 0 Å². The zero-order valence-corrected chi connectivity index (χ0v) is 17.3. The fraction of sp³-hybridized carbons (Fsp3) is 0.333. The molecule has 2 aromatic rings. The Morgan fingerprint density at radius 3 is 2.29 bits per heavy atom. The first-order valence-corrected chi connectivity index (χ1v) is 10.0. The van der Waals surface area contributed by atoms with Crippen molar-refractivity contribution >= 4 is 35.1 Å². The molecule has 2 amide bonds. The number of thioether (sulfide) groups is 1. The maximum atomic E-state index is 12.0. The van der Waals surface area contributed by atoms with Gasteiger partial charge < -0.3 is 15.8 Å². The smallest absolute Gasteiger partial charge is 0.412 e. The van der Waals surface area contributed by atoms with Gasteiger partial charge >= 0.3 is 6.09 Å². The van der Waals surface area contributed by atoms with Crippen LogP contribution in [-0.4, -0.2) is 29.9 Å². The summed E-state index contributed by atoms with van der Waals surface area (Å²) >= 11 is 1.44. The molecule has 0 aliphatic rings. The number of hydrogen-bond donors (Lipinski definition) is 3. The van der Waals surface area contributed by atoms with Crippen LogP contribution in [0.5, 0.6) is 0 Å². The Hall–Kier alpha value is -2.67. The van der Waals surface area contributed by atoms with Crippen LogP contribution in [0.2, 0.25) is 0 Å². The molecule has 0 aromatic heterocycles. The summed E-state index contributed by atoms with van der Waals surface area (Å²) in [5.74, 6) is 0.317. The van der Waals surface area contributed by atoms with Crippen molar-refractivity contribution in [1.82, 2.24) is 5.32 Å². The molecule has 0 aliphatic heterocycles. The SMILES string of the molecule is CC(C)(C)OC(=O)Nc1ccc(SCC(=O)NCCc2ccc(N)cc2)cc1. The Kier molecular flexibility index (Phi) is 7.75. The maximum absolute atomic E-state index is 12.0. The number of nitrogen functional groups attached to an aromatic ring is 1. The molecule has 0 radical (unpaired) electrons. The van der Waals surface area contributed by atoms with Crippen LogP contribution in [0.3, 0.4) is 0 Å². The molecule has 0 unspecified atom stereocenters. The third-order valence-electron chi connectivity index (χ3n) is 3.59. The molecule has 7 heteroatoms. The predicted octanol–water partition coefficient (Wildman–Crippen LogP) is 4.07. The molecule has 2 rings (SSSR count). The lowest BCUT2D eigenvalue weighted by Gasteiger charge is -2.19. The van der Waals surface area contributed by atoms with Gasteiger partial charge in [0.2, 0.25) is 5.91 Å². The van der Waals surface area contributed by atoms with E-state index in [0.717, 1.165) is 22.6 Å². The molecule has 0 saturated carbocycles. The van der Waals surface area contributed by atoms with Gasteiger partial charge in [-0.15, -0.1) is 11.8 Å². The quantitative estimate of drug-likeness (QED) is 0.480. The van der Waals surface area contributed by atoms with Crippen LogP contribution in [0.4, 0.5) is 16.2 Å². The minimum Gasteiger partial charge on any atom is -0.444 e. The van der Waals surface area contributed by atoms with Gasteiger partial charge in [-0.25, -0.2) is 4.79 Å². The van der Waals surface area contributed by atoms with E-state index in [1.165, 1.54) is 11.8 Å². The van der Waals surface area contributed by atoms with Crippen molar-refractivity contribution in [3.8, 4) is 0 Å². The lowest BCUT2D eigenvalue weighted by molar-refractivity contribution is -0.118. The lowest BCUT2D eigenvalue weighted by Crippen LogP contribution is -2.27. The minimum atomic E-state index is -0.541. The third kappa shape index (κ3) is 8.35. The van der Waals surface area contributed by atoms with Gasteiger partial charge in [0.15, 0.2) is 0 Å². The van der Waals surface area contributed by atoms with Crippen molar-refractivity contribution in [2.75, 3.05) is 23.3 Å². The number of amides is 2. The monoisotopic (exact) mass is 401 g/mol. The Morgan fingerprint density at radius 1 is 1.04 bits per heavy atom. The van der Waals surface area contributed by atoms with Crippen LogP contribution in [0.25, 0.3) is 0 Å². The standard InChI is InChI=1S/C21H27N3O3S/c1-21(2,3)27-20(26)24-17-8-10-18(11-9-17)28-14-19(25)23-13-12-15-4-6-16(22)7-5-15/h4-11H,12-14,22H2,1-3H3,(H,23,25)(H,24,26). The second-order valence-corrected chi connectivity index (χ2v) is 8.33. The second-order valence-electron chi connectivity index (χ2n) is 7.28. The van der Waals surface area contributed by atoms with E-state index in [1.54, 1.807) is 12.1 Å². The largest absolute Gasteiger partial charge is 0.444 e. The highest BCUT2D eigenvalue weighted by Gasteiger charge is 2.16. The van der Waals surface area contributed by atoms with Crippen LogP contribution in [-0.2, 0) is 16.0 Å². The number of carbonyl (C=O) groups is 2. The number of benzene rings is 2. The molecule has 0 fully saturated rings. The molecular formula is C21H27N3O3S. The predicted molar refractivity (Wildman–Crippen MR) is 115 cm³/mol. The van der Waals surface area contributed by atoms with Crippen molar-refractivity contribution in [3.05, 3.63) is 54.1 Å². The summed E-state index contributed by atoms with van der Waals surface area (Å²) in [4.78, 5) is 24.7. The van der Waals surface area contributed by atoms with Crippen LogP contribution in [0.1, 0.15) is 26.3 Å². The first-order chi connectivity index (χ1) is 13.2.